The molecule has 0 saturated heterocycles. The lowest BCUT2D eigenvalue weighted by molar-refractivity contribution is 0.0977. The fourth-order valence-corrected chi connectivity index (χ4v) is 6.09. The maximum Gasteiger partial charge on any atom is 0.513 e. The van der Waals surface area contributed by atoms with Gasteiger partial charge in [0.05, 0.1) is 13.2 Å². The highest BCUT2D eigenvalue weighted by atomic mass is 16.7. The molecule has 0 saturated carbocycles. The molecule has 0 N–H and O–H groups in total. The standard InChI is InChI=1S/C40H38O6/c1-5-7-21-43-39(41)45-37-29-15-11-9-13-27(29)35(33-23-25(3)17-19-31(33)37)36-28-14-10-12-16-30(28)38(46-40(42)44-22-8-6-2)32-20-18-26(4)24-34(32)36/h9-20,23-24H,5-8,21-22H2,1-4H3. The molecule has 0 heterocycles. The zero-order chi connectivity index (χ0) is 32.2. The second kappa shape index (κ2) is 13.5. The number of fused-ring (bicyclic) bond motifs is 4. The van der Waals surface area contributed by atoms with Crippen LogP contribution in [-0.2, 0) is 9.47 Å². The average molecular weight is 615 g/mol. The third-order valence-corrected chi connectivity index (χ3v) is 8.32. The van der Waals surface area contributed by atoms with Crippen LogP contribution in [-0.4, -0.2) is 25.5 Å². The number of benzene rings is 6. The van der Waals surface area contributed by atoms with Gasteiger partial charge in [-0.1, -0.05) is 123 Å². The number of carbonyl (C=O) groups is 2. The van der Waals surface area contributed by atoms with E-state index >= 15 is 0 Å². The predicted octanol–water partition coefficient (Wildman–Crippen LogP) is 11.2. The van der Waals surface area contributed by atoms with Crippen molar-refractivity contribution in [2.45, 2.75) is 53.4 Å². The summed E-state index contributed by atoms with van der Waals surface area (Å²) in [5.41, 5.74) is 4.15. The molecule has 0 aromatic heterocycles. The molecule has 0 aliphatic carbocycles. The van der Waals surface area contributed by atoms with Crippen LogP contribution in [0.5, 0.6) is 11.5 Å². The Hall–Kier alpha value is -5.10. The molecule has 0 fully saturated rings. The van der Waals surface area contributed by atoms with Crippen LogP contribution < -0.4 is 9.47 Å². The molecular formula is C40H38O6. The Bertz CT molecular complexity index is 1940. The Morgan fingerprint density at radius 1 is 0.500 bits per heavy atom. The van der Waals surface area contributed by atoms with Gasteiger partial charge in [-0.2, -0.15) is 0 Å². The van der Waals surface area contributed by atoms with Crippen molar-refractivity contribution in [2.24, 2.45) is 0 Å². The summed E-state index contributed by atoms with van der Waals surface area (Å²) in [7, 11) is 0. The maximum absolute atomic E-state index is 12.9. The van der Waals surface area contributed by atoms with Crippen molar-refractivity contribution >= 4 is 55.4 Å². The Labute approximate surface area is 268 Å². The van der Waals surface area contributed by atoms with Gasteiger partial charge in [0.1, 0.15) is 11.5 Å². The van der Waals surface area contributed by atoms with E-state index in [4.69, 9.17) is 18.9 Å². The van der Waals surface area contributed by atoms with E-state index in [-0.39, 0.29) is 0 Å². The molecule has 0 atom stereocenters. The van der Waals surface area contributed by atoms with E-state index in [9.17, 15) is 9.59 Å². The van der Waals surface area contributed by atoms with Crippen LogP contribution in [0.15, 0.2) is 84.9 Å². The SMILES string of the molecule is CCCCOC(=O)Oc1c2ccccc2c(-c2c3ccccc3c(OC(=O)OCCCC)c3ccc(C)cc23)c2cc(C)ccc12. The van der Waals surface area contributed by atoms with Crippen LogP contribution in [0.3, 0.4) is 0 Å². The van der Waals surface area contributed by atoms with Crippen LogP contribution in [0.2, 0.25) is 0 Å². The maximum atomic E-state index is 12.9. The van der Waals surface area contributed by atoms with E-state index in [0.29, 0.717) is 24.7 Å². The summed E-state index contributed by atoms with van der Waals surface area (Å²) in [6.07, 6.45) is 1.94. The summed E-state index contributed by atoms with van der Waals surface area (Å²) >= 11 is 0. The summed E-state index contributed by atoms with van der Waals surface area (Å²) in [6.45, 7) is 8.81. The van der Waals surface area contributed by atoms with Crippen molar-refractivity contribution in [1.82, 2.24) is 0 Å². The number of ether oxygens (including phenoxy) is 4. The van der Waals surface area contributed by atoms with Gasteiger partial charge in [0, 0.05) is 21.5 Å². The van der Waals surface area contributed by atoms with Gasteiger partial charge in [-0.05, 0) is 59.4 Å². The van der Waals surface area contributed by atoms with E-state index in [1.807, 2.05) is 74.5 Å². The molecule has 6 rings (SSSR count). The monoisotopic (exact) mass is 614 g/mol. The van der Waals surface area contributed by atoms with E-state index in [1.54, 1.807) is 0 Å². The highest BCUT2D eigenvalue weighted by molar-refractivity contribution is 6.27. The van der Waals surface area contributed by atoms with Gasteiger partial charge in [-0.3, -0.25) is 0 Å². The van der Waals surface area contributed by atoms with Crippen LogP contribution in [0.1, 0.15) is 50.7 Å². The second-order valence-corrected chi connectivity index (χ2v) is 11.7. The minimum atomic E-state index is -0.716. The summed E-state index contributed by atoms with van der Waals surface area (Å²) in [5.74, 6) is 0.936. The molecule has 0 radical (unpaired) electrons. The first-order chi connectivity index (χ1) is 22.4. The fourth-order valence-electron chi connectivity index (χ4n) is 6.09. The molecule has 0 aliphatic rings. The van der Waals surface area contributed by atoms with Gasteiger partial charge >= 0.3 is 12.3 Å². The molecule has 46 heavy (non-hydrogen) atoms. The molecule has 6 aromatic carbocycles. The summed E-state index contributed by atoms with van der Waals surface area (Å²) in [5, 5.41) is 6.94. The Morgan fingerprint density at radius 2 is 0.870 bits per heavy atom. The topological polar surface area (TPSA) is 71.1 Å². The molecule has 0 aliphatic heterocycles. The van der Waals surface area contributed by atoms with Gasteiger partial charge in [-0.15, -0.1) is 0 Å². The number of rotatable bonds is 9. The van der Waals surface area contributed by atoms with Crippen LogP contribution >= 0.6 is 0 Å². The predicted molar refractivity (Wildman–Crippen MR) is 185 cm³/mol. The number of unbranched alkanes of at least 4 members (excludes halogenated alkanes) is 2. The van der Waals surface area contributed by atoms with Gasteiger partial charge < -0.3 is 18.9 Å². The first-order valence-corrected chi connectivity index (χ1v) is 16.0. The van der Waals surface area contributed by atoms with E-state index in [2.05, 4.69) is 38.1 Å². The first-order valence-electron chi connectivity index (χ1n) is 16.0. The number of hydrogen-bond donors (Lipinski definition) is 0. The molecular weight excluding hydrogens is 576 g/mol. The Balaban J connectivity index is 1.67. The molecule has 234 valence electrons. The fraction of sp³-hybridized carbons (Fsp3) is 0.250. The van der Waals surface area contributed by atoms with Crippen molar-refractivity contribution in [2.75, 3.05) is 13.2 Å². The smallest absolute Gasteiger partial charge is 0.434 e. The third kappa shape index (κ3) is 5.95. The number of carbonyl (C=O) groups excluding carboxylic acids is 2. The average Bonchev–Trinajstić information content (AvgIpc) is 3.05. The summed E-state index contributed by atoms with van der Waals surface area (Å²) in [4.78, 5) is 25.8. The molecule has 0 spiro atoms. The minimum absolute atomic E-state index is 0.306. The lowest BCUT2D eigenvalue weighted by Gasteiger charge is -2.21. The van der Waals surface area contributed by atoms with E-state index in [1.165, 1.54) is 0 Å². The first kappa shape index (κ1) is 30.9. The quantitative estimate of drug-likeness (QED) is 0.0698. The van der Waals surface area contributed by atoms with Crippen molar-refractivity contribution in [3.8, 4) is 22.6 Å². The van der Waals surface area contributed by atoms with Crippen LogP contribution in [0, 0.1) is 13.8 Å². The zero-order valence-electron chi connectivity index (χ0n) is 26.8. The van der Waals surface area contributed by atoms with Crippen molar-refractivity contribution in [3.63, 3.8) is 0 Å². The third-order valence-electron chi connectivity index (χ3n) is 8.32. The highest BCUT2D eigenvalue weighted by Gasteiger charge is 2.24. The van der Waals surface area contributed by atoms with Gasteiger partial charge in [0.15, 0.2) is 0 Å². The molecule has 0 amide bonds. The zero-order valence-corrected chi connectivity index (χ0v) is 26.8. The van der Waals surface area contributed by atoms with Crippen molar-refractivity contribution in [1.29, 1.82) is 0 Å². The van der Waals surface area contributed by atoms with Crippen LogP contribution in [0.25, 0.3) is 54.2 Å². The summed E-state index contributed by atoms with van der Waals surface area (Å²) < 4.78 is 22.8. The minimum Gasteiger partial charge on any atom is -0.434 e. The number of hydrogen-bond acceptors (Lipinski definition) is 6. The molecule has 6 heteroatoms. The molecule has 6 aromatic rings. The van der Waals surface area contributed by atoms with E-state index in [0.717, 1.165) is 91.0 Å². The Kier molecular flexibility index (Phi) is 9.06. The van der Waals surface area contributed by atoms with Gasteiger partial charge in [-0.25, -0.2) is 9.59 Å². The molecule has 0 bridgehead atoms. The molecule has 6 nitrogen and oxygen atoms in total. The number of aryl methyl sites for hydroxylation is 2. The molecule has 0 unspecified atom stereocenters. The van der Waals surface area contributed by atoms with Gasteiger partial charge in [0.25, 0.3) is 0 Å². The highest BCUT2D eigenvalue weighted by Crippen LogP contribution is 2.50. The largest absolute Gasteiger partial charge is 0.513 e. The van der Waals surface area contributed by atoms with Gasteiger partial charge in [0.2, 0.25) is 0 Å². The lowest BCUT2D eigenvalue weighted by atomic mass is 9.84. The second-order valence-electron chi connectivity index (χ2n) is 11.7. The van der Waals surface area contributed by atoms with Crippen LogP contribution in [0.4, 0.5) is 9.59 Å². The normalized spacial score (nSPS) is 11.3. The lowest BCUT2D eigenvalue weighted by Crippen LogP contribution is -2.12. The summed E-state index contributed by atoms with van der Waals surface area (Å²) in [6, 6.07) is 28.3. The van der Waals surface area contributed by atoms with Crippen molar-refractivity contribution < 1.29 is 28.5 Å². The Morgan fingerprint density at radius 3 is 1.26 bits per heavy atom. The van der Waals surface area contributed by atoms with E-state index < -0.39 is 12.3 Å². The van der Waals surface area contributed by atoms with Crippen molar-refractivity contribution in [3.05, 3.63) is 96.1 Å².